The van der Waals surface area contributed by atoms with E-state index in [9.17, 15) is 27.9 Å². The molecule has 0 spiro atoms. The van der Waals surface area contributed by atoms with Crippen LogP contribution in [0.15, 0.2) is 77.6 Å². The van der Waals surface area contributed by atoms with E-state index >= 15 is 0 Å². The number of fused-ring (bicyclic) bond motifs is 2. The Bertz CT molecular complexity index is 1880. The Morgan fingerprint density at radius 3 is 2.34 bits per heavy atom. The van der Waals surface area contributed by atoms with Crippen molar-refractivity contribution < 1.29 is 27.8 Å². The predicted molar refractivity (Wildman–Crippen MR) is 163 cm³/mol. The number of carbonyl (C=O) groups is 1. The summed E-state index contributed by atoms with van der Waals surface area (Å²) in [6.07, 6.45) is 0.536. The molecule has 1 fully saturated rings. The normalized spacial score (nSPS) is 15.1. The van der Waals surface area contributed by atoms with Crippen LogP contribution >= 0.6 is 0 Å². The topological polar surface area (TPSA) is 84.3 Å². The maximum absolute atomic E-state index is 14.0. The van der Waals surface area contributed by atoms with Crippen molar-refractivity contribution >= 4 is 27.8 Å². The number of aryl methyl sites for hydroxylation is 1. The number of alkyl halides is 3. The van der Waals surface area contributed by atoms with Crippen LogP contribution in [0.1, 0.15) is 66.0 Å². The number of H-pyrrole nitrogens is 1. The van der Waals surface area contributed by atoms with Gasteiger partial charge in [0.25, 0.3) is 5.56 Å². The summed E-state index contributed by atoms with van der Waals surface area (Å²) in [6, 6.07) is 19.1. The average Bonchev–Trinajstić information content (AvgIpc) is 3.40. The summed E-state index contributed by atoms with van der Waals surface area (Å²) in [5.41, 5.74) is 1.73. The first kappa shape index (κ1) is 29.5. The summed E-state index contributed by atoms with van der Waals surface area (Å²) in [4.78, 5) is 30.2. The van der Waals surface area contributed by atoms with Gasteiger partial charge in [0.05, 0.1) is 35.1 Å². The number of halogens is 3. The van der Waals surface area contributed by atoms with Crippen LogP contribution in [0, 0.1) is 5.92 Å². The van der Waals surface area contributed by atoms with Crippen molar-refractivity contribution in [3.8, 4) is 5.75 Å². The Morgan fingerprint density at radius 2 is 1.64 bits per heavy atom. The second-order valence-electron chi connectivity index (χ2n) is 11.5. The van der Waals surface area contributed by atoms with E-state index in [-0.39, 0.29) is 29.8 Å². The summed E-state index contributed by atoms with van der Waals surface area (Å²) >= 11 is 0. The molecular formula is C35H33F3N2O4. The van der Waals surface area contributed by atoms with Crippen LogP contribution in [0.3, 0.4) is 0 Å². The second-order valence-corrected chi connectivity index (χ2v) is 11.5. The third-order valence-electron chi connectivity index (χ3n) is 8.84. The molecule has 228 valence electrons. The van der Waals surface area contributed by atoms with Gasteiger partial charge in [0, 0.05) is 35.5 Å². The molecule has 2 heterocycles. The largest absolute Gasteiger partial charge is 0.507 e. The highest BCUT2D eigenvalue weighted by Crippen LogP contribution is 2.42. The van der Waals surface area contributed by atoms with Gasteiger partial charge in [0.2, 0.25) is 0 Å². The quantitative estimate of drug-likeness (QED) is 0.188. The van der Waals surface area contributed by atoms with Crippen LogP contribution in [0.4, 0.5) is 13.2 Å². The Kier molecular flexibility index (Phi) is 7.97. The molecule has 0 bridgehead atoms. The Labute approximate surface area is 252 Å². The van der Waals surface area contributed by atoms with Crippen LogP contribution in [0.5, 0.6) is 5.75 Å². The monoisotopic (exact) mass is 602 g/mol. The predicted octanol–water partition coefficient (Wildman–Crippen LogP) is 7.59. The molecule has 44 heavy (non-hydrogen) atoms. The number of hydrogen-bond donors (Lipinski definition) is 2. The van der Waals surface area contributed by atoms with E-state index in [1.54, 1.807) is 31.3 Å². The molecule has 1 unspecified atom stereocenters. The van der Waals surface area contributed by atoms with Crippen molar-refractivity contribution in [1.29, 1.82) is 0 Å². The number of nitrogens with one attached hydrogen (secondary N) is 1. The number of ether oxygens (including phenoxy) is 1. The zero-order valence-electron chi connectivity index (χ0n) is 24.3. The van der Waals surface area contributed by atoms with Crippen molar-refractivity contribution in [1.82, 2.24) is 9.55 Å². The van der Waals surface area contributed by atoms with E-state index in [1.807, 2.05) is 24.3 Å². The minimum atomic E-state index is -4.54. The number of nitrogens with zero attached hydrogens (tertiary/aromatic N) is 1. The number of aromatic hydroxyl groups is 1. The van der Waals surface area contributed by atoms with Crippen LogP contribution in [-0.2, 0) is 29.2 Å². The van der Waals surface area contributed by atoms with Gasteiger partial charge in [-0.3, -0.25) is 9.59 Å². The first-order chi connectivity index (χ1) is 21.1. The lowest BCUT2D eigenvalue weighted by molar-refractivity contribution is -0.149. The smallest absolute Gasteiger partial charge is 0.416 e. The van der Waals surface area contributed by atoms with E-state index in [1.165, 1.54) is 16.7 Å². The number of carbonyl (C=O) groups excluding carboxylic acids is 1. The van der Waals surface area contributed by atoms with Gasteiger partial charge in [-0.25, -0.2) is 0 Å². The summed E-state index contributed by atoms with van der Waals surface area (Å²) in [6.45, 7) is 0.103. The molecular weight excluding hydrogens is 569 g/mol. The van der Waals surface area contributed by atoms with Gasteiger partial charge >= 0.3 is 12.1 Å². The lowest BCUT2D eigenvalue weighted by Gasteiger charge is -2.23. The van der Waals surface area contributed by atoms with Crippen molar-refractivity contribution in [2.24, 2.45) is 13.0 Å². The zero-order valence-corrected chi connectivity index (χ0v) is 24.3. The number of hydrogen-bond acceptors (Lipinski definition) is 4. The molecule has 0 aliphatic heterocycles. The van der Waals surface area contributed by atoms with Crippen molar-refractivity contribution in [2.45, 2.75) is 50.6 Å². The number of rotatable bonds is 7. The Morgan fingerprint density at radius 1 is 0.977 bits per heavy atom. The van der Waals surface area contributed by atoms with Gasteiger partial charge in [-0.05, 0) is 54.3 Å². The fourth-order valence-electron chi connectivity index (χ4n) is 6.55. The summed E-state index contributed by atoms with van der Waals surface area (Å²) in [7, 11) is 1.61. The first-order valence-electron chi connectivity index (χ1n) is 14.9. The molecule has 1 saturated carbocycles. The molecule has 5 aromatic rings. The number of pyridine rings is 1. The molecule has 1 atom stereocenters. The summed E-state index contributed by atoms with van der Waals surface area (Å²) < 4.78 is 47.7. The molecule has 3 aromatic carbocycles. The number of aromatic amines is 1. The van der Waals surface area contributed by atoms with Gasteiger partial charge in [-0.2, -0.15) is 13.2 Å². The fourth-order valence-corrected chi connectivity index (χ4v) is 6.55. The van der Waals surface area contributed by atoms with Crippen molar-refractivity contribution in [2.75, 3.05) is 6.61 Å². The standard InChI is InChI=1S/C35H33F3N2O4/c1-40-28-14-8-6-12-26(28)32(41)30(33(40)42)29(21-15-17-23(18-16-21)35(36,37)38)31-25(24-11-5-7-13-27(24)39-31)19-20-44-34(43)22-9-3-2-4-10-22/h5-8,11-18,22,29,39,41H,2-4,9-10,19-20H2,1H3. The molecule has 1 aliphatic carbocycles. The number of benzene rings is 3. The SMILES string of the molecule is Cn1c(=O)c(C(c2ccc(C(F)(F)F)cc2)c2[nH]c3ccccc3c2CCOC(=O)C2CCCCC2)c(O)c2ccccc21. The molecule has 9 heteroatoms. The van der Waals surface area contributed by atoms with Gasteiger partial charge < -0.3 is 19.4 Å². The number of aromatic nitrogens is 2. The van der Waals surface area contributed by atoms with Gasteiger partial charge in [-0.15, -0.1) is 0 Å². The molecule has 1 aliphatic rings. The third-order valence-corrected chi connectivity index (χ3v) is 8.84. The number of para-hydroxylation sites is 2. The molecule has 6 rings (SSSR count). The maximum Gasteiger partial charge on any atom is 0.416 e. The third kappa shape index (κ3) is 5.47. The van der Waals surface area contributed by atoms with Gasteiger partial charge in [0.15, 0.2) is 0 Å². The first-order valence-corrected chi connectivity index (χ1v) is 14.9. The zero-order chi connectivity index (χ0) is 31.0. The van der Waals surface area contributed by atoms with Crippen LogP contribution < -0.4 is 5.56 Å². The number of esters is 1. The highest BCUT2D eigenvalue weighted by Gasteiger charge is 2.33. The van der Waals surface area contributed by atoms with E-state index in [4.69, 9.17) is 4.74 Å². The summed E-state index contributed by atoms with van der Waals surface area (Å²) in [5.74, 6) is -1.51. The van der Waals surface area contributed by atoms with Crippen LogP contribution in [-0.4, -0.2) is 27.2 Å². The molecule has 6 nitrogen and oxygen atoms in total. The Hall–Kier alpha value is -4.53. The van der Waals surface area contributed by atoms with E-state index in [0.29, 0.717) is 28.6 Å². The van der Waals surface area contributed by atoms with E-state index < -0.39 is 23.2 Å². The van der Waals surface area contributed by atoms with Gasteiger partial charge in [-0.1, -0.05) is 61.7 Å². The minimum absolute atomic E-state index is 0.0398. The minimum Gasteiger partial charge on any atom is -0.507 e. The second kappa shape index (κ2) is 11.9. The lowest BCUT2D eigenvalue weighted by atomic mass is 9.84. The van der Waals surface area contributed by atoms with Crippen molar-refractivity contribution in [3.05, 3.63) is 111 Å². The lowest BCUT2D eigenvalue weighted by Crippen LogP contribution is -2.26. The Balaban J connectivity index is 1.50. The van der Waals surface area contributed by atoms with E-state index in [0.717, 1.165) is 60.7 Å². The van der Waals surface area contributed by atoms with Gasteiger partial charge in [0.1, 0.15) is 5.75 Å². The van der Waals surface area contributed by atoms with Crippen molar-refractivity contribution in [3.63, 3.8) is 0 Å². The maximum atomic E-state index is 14.0. The highest BCUT2D eigenvalue weighted by atomic mass is 19.4. The molecule has 2 N–H and O–H groups in total. The molecule has 0 saturated heterocycles. The molecule has 0 radical (unpaired) electrons. The van der Waals surface area contributed by atoms with Crippen LogP contribution in [0.25, 0.3) is 21.8 Å². The molecule has 0 amide bonds. The average molecular weight is 603 g/mol. The van der Waals surface area contributed by atoms with Crippen LogP contribution in [0.2, 0.25) is 0 Å². The highest BCUT2D eigenvalue weighted by molar-refractivity contribution is 5.88. The molecule has 2 aromatic heterocycles. The summed E-state index contributed by atoms with van der Waals surface area (Å²) in [5, 5.41) is 12.9. The van der Waals surface area contributed by atoms with E-state index in [2.05, 4.69) is 4.98 Å². The fraction of sp³-hybridized carbons (Fsp3) is 0.314.